The van der Waals surface area contributed by atoms with E-state index >= 15 is 0 Å². The predicted octanol–water partition coefficient (Wildman–Crippen LogP) is 3.17. The van der Waals surface area contributed by atoms with Crippen LogP contribution in [0.3, 0.4) is 0 Å². The molecule has 0 spiro atoms. The van der Waals surface area contributed by atoms with E-state index in [-0.39, 0.29) is 10.6 Å². The van der Waals surface area contributed by atoms with Crippen LogP contribution < -0.4 is 0 Å². The minimum atomic E-state index is -0.351. The van der Waals surface area contributed by atoms with Crippen LogP contribution in [0, 0.1) is 10.1 Å². The standard InChI is InChI=1S/C15H11N3O2/c19-18(20)13-9-16-17-8-7-11-6-5-10-3-1-2-4-12(10)14(11)15(13)17/h1-6,9H,7-8H2. The number of nitro groups is 1. The molecule has 0 fully saturated rings. The van der Waals surface area contributed by atoms with E-state index in [1.54, 1.807) is 4.68 Å². The van der Waals surface area contributed by atoms with Gasteiger partial charge in [-0.25, -0.2) is 0 Å². The predicted molar refractivity (Wildman–Crippen MR) is 75.5 cm³/mol. The first-order valence-corrected chi connectivity index (χ1v) is 6.47. The quantitative estimate of drug-likeness (QED) is 0.501. The molecular formula is C15H11N3O2. The average molecular weight is 265 g/mol. The number of benzene rings is 2. The zero-order chi connectivity index (χ0) is 13.7. The second kappa shape index (κ2) is 3.90. The van der Waals surface area contributed by atoms with Crippen LogP contribution in [0.1, 0.15) is 5.56 Å². The van der Waals surface area contributed by atoms with Crippen LogP contribution in [-0.2, 0) is 13.0 Å². The fraction of sp³-hybridized carbons (Fsp3) is 0.133. The van der Waals surface area contributed by atoms with Gasteiger partial charge in [-0.15, -0.1) is 0 Å². The monoisotopic (exact) mass is 265 g/mol. The zero-order valence-corrected chi connectivity index (χ0v) is 10.6. The Hall–Kier alpha value is -2.69. The molecule has 0 unspecified atom stereocenters. The molecule has 0 N–H and O–H groups in total. The minimum Gasteiger partial charge on any atom is -0.258 e. The van der Waals surface area contributed by atoms with Crippen molar-refractivity contribution in [2.24, 2.45) is 0 Å². The second-order valence-electron chi connectivity index (χ2n) is 4.93. The van der Waals surface area contributed by atoms with Crippen LogP contribution in [-0.4, -0.2) is 14.7 Å². The van der Waals surface area contributed by atoms with Gasteiger partial charge in [0.15, 0.2) is 0 Å². The molecule has 0 aliphatic carbocycles. The molecule has 1 aliphatic heterocycles. The third-order valence-corrected chi connectivity index (χ3v) is 3.86. The summed E-state index contributed by atoms with van der Waals surface area (Å²) >= 11 is 0. The van der Waals surface area contributed by atoms with Gasteiger partial charge in [0.25, 0.3) is 0 Å². The molecular weight excluding hydrogens is 254 g/mol. The molecule has 0 bridgehead atoms. The summed E-state index contributed by atoms with van der Waals surface area (Å²) in [5.41, 5.74) is 2.83. The van der Waals surface area contributed by atoms with Gasteiger partial charge < -0.3 is 0 Å². The Morgan fingerprint density at radius 3 is 2.90 bits per heavy atom. The highest BCUT2D eigenvalue weighted by Crippen LogP contribution is 2.40. The molecule has 98 valence electrons. The lowest BCUT2D eigenvalue weighted by atomic mass is 9.92. The Morgan fingerprint density at radius 1 is 1.20 bits per heavy atom. The Labute approximate surface area is 114 Å². The smallest absolute Gasteiger partial charge is 0.258 e. The largest absolute Gasteiger partial charge is 0.314 e. The van der Waals surface area contributed by atoms with Crippen molar-refractivity contribution in [1.29, 1.82) is 0 Å². The first-order chi connectivity index (χ1) is 9.75. The summed E-state index contributed by atoms with van der Waals surface area (Å²) in [5.74, 6) is 0. The van der Waals surface area contributed by atoms with Crippen LogP contribution >= 0.6 is 0 Å². The minimum absolute atomic E-state index is 0.0855. The van der Waals surface area contributed by atoms with E-state index in [2.05, 4.69) is 17.2 Å². The van der Waals surface area contributed by atoms with Gasteiger partial charge in [0, 0.05) is 12.1 Å². The van der Waals surface area contributed by atoms with Crippen molar-refractivity contribution in [3.8, 4) is 11.3 Å². The second-order valence-corrected chi connectivity index (χ2v) is 4.93. The number of nitrogens with zero attached hydrogens (tertiary/aromatic N) is 3. The summed E-state index contributed by atoms with van der Waals surface area (Å²) in [7, 11) is 0. The van der Waals surface area contributed by atoms with E-state index in [9.17, 15) is 10.1 Å². The molecule has 2 aromatic carbocycles. The van der Waals surface area contributed by atoms with Crippen molar-refractivity contribution in [3.05, 3.63) is 58.3 Å². The topological polar surface area (TPSA) is 61.0 Å². The first kappa shape index (κ1) is 11.2. The maximum Gasteiger partial charge on any atom is 0.314 e. The van der Waals surface area contributed by atoms with E-state index < -0.39 is 0 Å². The summed E-state index contributed by atoms with van der Waals surface area (Å²) in [6.07, 6.45) is 2.21. The first-order valence-electron chi connectivity index (χ1n) is 6.47. The van der Waals surface area contributed by atoms with Crippen LogP contribution in [0.5, 0.6) is 0 Å². The number of hydrogen-bond acceptors (Lipinski definition) is 3. The van der Waals surface area contributed by atoms with Gasteiger partial charge in [-0.2, -0.15) is 5.10 Å². The molecule has 1 aromatic heterocycles. The molecule has 0 saturated heterocycles. The fourth-order valence-corrected chi connectivity index (χ4v) is 2.97. The van der Waals surface area contributed by atoms with Crippen molar-refractivity contribution in [2.45, 2.75) is 13.0 Å². The third-order valence-electron chi connectivity index (χ3n) is 3.86. The van der Waals surface area contributed by atoms with Gasteiger partial charge in [0.1, 0.15) is 11.9 Å². The molecule has 0 radical (unpaired) electrons. The Bertz CT molecular complexity index is 851. The van der Waals surface area contributed by atoms with E-state index in [0.717, 1.165) is 28.3 Å². The maximum absolute atomic E-state index is 11.2. The third kappa shape index (κ3) is 1.40. The molecule has 2 heterocycles. The number of fused-ring (bicyclic) bond motifs is 5. The van der Waals surface area contributed by atoms with E-state index in [1.807, 2.05) is 24.3 Å². The van der Waals surface area contributed by atoms with Crippen molar-refractivity contribution < 1.29 is 4.92 Å². The maximum atomic E-state index is 11.2. The molecule has 0 atom stereocenters. The van der Waals surface area contributed by atoms with Crippen LogP contribution in [0.2, 0.25) is 0 Å². The van der Waals surface area contributed by atoms with Crippen molar-refractivity contribution in [2.75, 3.05) is 0 Å². The summed E-state index contributed by atoms with van der Waals surface area (Å²) < 4.78 is 1.74. The highest BCUT2D eigenvalue weighted by Gasteiger charge is 2.28. The van der Waals surface area contributed by atoms with Gasteiger partial charge in [0.2, 0.25) is 0 Å². The Balaban J connectivity index is 2.14. The normalized spacial score (nSPS) is 13.0. The summed E-state index contributed by atoms with van der Waals surface area (Å²) in [4.78, 5) is 10.9. The molecule has 0 amide bonds. The van der Waals surface area contributed by atoms with Crippen LogP contribution in [0.25, 0.3) is 22.0 Å². The SMILES string of the molecule is O=[N+]([O-])c1cnn2c1-c1c(ccc3ccccc13)CC2. The summed E-state index contributed by atoms with van der Waals surface area (Å²) in [6.45, 7) is 0.689. The van der Waals surface area contributed by atoms with E-state index in [0.29, 0.717) is 12.2 Å². The average Bonchev–Trinajstić information content (AvgIpc) is 2.91. The molecule has 20 heavy (non-hydrogen) atoms. The lowest BCUT2D eigenvalue weighted by molar-refractivity contribution is -0.384. The van der Waals surface area contributed by atoms with Crippen molar-refractivity contribution in [3.63, 3.8) is 0 Å². The summed E-state index contributed by atoms with van der Waals surface area (Å²) in [5, 5.41) is 17.5. The molecule has 0 saturated carbocycles. The van der Waals surface area contributed by atoms with Gasteiger partial charge >= 0.3 is 5.69 Å². The zero-order valence-electron chi connectivity index (χ0n) is 10.6. The summed E-state index contributed by atoms with van der Waals surface area (Å²) in [6, 6.07) is 12.1. The molecule has 3 aromatic rings. The highest BCUT2D eigenvalue weighted by atomic mass is 16.6. The van der Waals surface area contributed by atoms with Crippen molar-refractivity contribution in [1.82, 2.24) is 9.78 Å². The molecule has 1 aliphatic rings. The van der Waals surface area contributed by atoms with Gasteiger partial charge in [-0.1, -0.05) is 36.4 Å². The van der Waals surface area contributed by atoms with E-state index in [4.69, 9.17) is 0 Å². The lowest BCUT2D eigenvalue weighted by Gasteiger charge is -2.19. The highest BCUT2D eigenvalue weighted by molar-refractivity contribution is 5.99. The number of aromatic nitrogens is 2. The number of rotatable bonds is 1. The Morgan fingerprint density at radius 2 is 2.05 bits per heavy atom. The number of hydrogen-bond donors (Lipinski definition) is 0. The molecule has 5 nitrogen and oxygen atoms in total. The van der Waals surface area contributed by atoms with Gasteiger partial charge in [0.05, 0.1) is 4.92 Å². The van der Waals surface area contributed by atoms with Crippen LogP contribution in [0.15, 0.2) is 42.6 Å². The van der Waals surface area contributed by atoms with Crippen LogP contribution in [0.4, 0.5) is 5.69 Å². The molecule has 5 heteroatoms. The van der Waals surface area contributed by atoms with Gasteiger partial charge in [-0.05, 0) is 22.8 Å². The Kier molecular flexibility index (Phi) is 2.18. The van der Waals surface area contributed by atoms with Gasteiger partial charge in [-0.3, -0.25) is 14.8 Å². The lowest BCUT2D eigenvalue weighted by Crippen LogP contribution is -2.12. The number of aryl methyl sites for hydroxylation is 2. The van der Waals surface area contributed by atoms with Crippen molar-refractivity contribution >= 4 is 16.5 Å². The van der Waals surface area contributed by atoms with E-state index in [1.165, 1.54) is 6.20 Å². The molecule has 4 rings (SSSR count). The fourth-order valence-electron chi connectivity index (χ4n) is 2.97.